The van der Waals surface area contributed by atoms with Crippen LogP contribution in [0.25, 0.3) is 0 Å². The zero-order valence-corrected chi connectivity index (χ0v) is 8.90. The first-order chi connectivity index (χ1) is 5.66. The molecule has 0 radical (unpaired) electrons. The van der Waals surface area contributed by atoms with Crippen LogP contribution in [-0.2, 0) is 4.52 Å². The molecule has 0 aromatic heterocycles. The maximum absolute atomic E-state index is 5.08. The van der Waals surface area contributed by atoms with Crippen LogP contribution in [0.3, 0.4) is 0 Å². The van der Waals surface area contributed by atoms with Crippen molar-refractivity contribution in [1.29, 1.82) is 0 Å². The molecule has 1 rings (SSSR count). The summed E-state index contributed by atoms with van der Waals surface area (Å²) in [6.07, 6.45) is 0. The summed E-state index contributed by atoms with van der Waals surface area (Å²) in [5.41, 5.74) is 4.07. The van der Waals surface area contributed by atoms with Gasteiger partial charge in [0.25, 0.3) is 0 Å². The van der Waals surface area contributed by atoms with E-state index in [4.69, 9.17) is 4.52 Å². The Bertz CT molecular complexity index is 281. The molecule has 0 N–H and O–H groups in total. The highest BCUT2D eigenvalue weighted by Gasteiger charge is 1.95. The summed E-state index contributed by atoms with van der Waals surface area (Å²) in [5, 5.41) is 1.26. The van der Waals surface area contributed by atoms with Crippen molar-refractivity contribution in [2.75, 3.05) is 7.11 Å². The topological polar surface area (TPSA) is 9.23 Å². The van der Waals surface area contributed by atoms with Crippen LogP contribution in [0.2, 0.25) is 0 Å². The lowest BCUT2D eigenvalue weighted by molar-refractivity contribution is 0.481. The summed E-state index contributed by atoms with van der Waals surface area (Å²) < 4.78 is 5.08. The van der Waals surface area contributed by atoms with Gasteiger partial charge < -0.3 is 13.3 Å². The van der Waals surface area contributed by atoms with Gasteiger partial charge in [0.1, 0.15) is 0 Å². The Morgan fingerprint density at radius 1 is 1.08 bits per heavy atom. The molecule has 0 aliphatic rings. The van der Waals surface area contributed by atoms with Gasteiger partial charge in [0.2, 0.25) is 0 Å². The molecule has 66 valence electrons. The highest BCUT2D eigenvalue weighted by molar-refractivity contribution is 7.42. The van der Waals surface area contributed by atoms with E-state index in [0.717, 1.165) is 8.81 Å². The van der Waals surface area contributed by atoms with E-state index in [0.29, 0.717) is 0 Å². The second kappa shape index (κ2) is 4.02. The predicted molar refractivity (Wildman–Crippen MR) is 54.2 cm³/mol. The van der Waals surface area contributed by atoms with Crippen molar-refractivity contribution in [3.05, 3.63) is 28.8 Å². The predicted octanol–water partition coefficient (Wildman–Crippen LogP) is 2.74. The van der Waals surface area contributed by atoms with Gasteiger partial charge in [-0.1, -0.05) is 17.7 Å². The quantitative estimate of drug-likeness (QED) is 0.637. The highest BCUT2D eigenvalue weighted by Crippen LogP contribution is 2.18. The summed E-state index contributed by atoms with van der Waals surface area (Å²) in [5.74, 6) is 0. The average molecular weight is 181 g/mol. The summed E-state index contributed by atoms with van der Waals surface area (Å²) >= 11 is 0. The summed E-state index contributed by atoms with van der Waals surface area (Å²) in [6.45, 7) is 6.43. The van der Waals surface area contributed by atoms with Crippen LogP contribution in [0.1, 0.15) is 16.7 Å². The van der Waals surface area contributed by atoms with Crippen molar-refractivity contribution < 1.29 is 4.52 Å². The summed E-state index contributed by atoms with van der Waals surface area (Å²) in [6, 6.07) is 4.27. The van der Waals surface area contributed by atoms with E-state index < -0.39 is 0 Å². The Morgan fingerprint density at radius 3 is 2.33 bits per heavy atom. The molecule has 0 amide bonds. The molecule has 0 spiro atoms. The number of hydrogen-bond donors (Lipinski definition) is 0. The standard InChI is InChI=1S/C10H14OP/c1-7-5-6-10(12-11-4)9(3)8(7)2/h5-6H,1-4H3/q-1. The fraction of sp³-hybridized carbons (Fsp3) is 0.400. The van der Waals surface area contributed by atoms with Gasteiger partial charge in [-0.25, -0.2) is 0 Å². The third-order valence-electron chi connectivity index (χ3n) is 2.22. The molecule has 0 aliphatic carbocycles. The minimum absolute atomic E-state index is 0.952. The first-order valence-corrected chi connectivity index (χ1v) is 4.79. The molecule has 0 heterocycles. The molecule has 0 atom stereocenters. The molecule has 0 aliphatic heterocycles. The normalized spacial score (nSPS) is 11.3. The number of rotatable bonds is 2. The van der Waals surface area contributed by atoms with Gasteiger partial charge in [0.05, 0.1) is 0 Å². The van der Waals surface area contributed by atoms with E-state index in [-0.39, 0.29) is 0 Å². The van der Waals surface area contributed by atoms with Gasteiger partial charge >= 0.3 is 0 Å². The molecule has 0 unspecified atom stereocenters. The van der Waals surface area contributed by atoms with Crippen molar-refractivity contribution in [1.82, 2.24) is 0 Å². The number of hydrogen-bond acceptors (Lipinski definition) is 1. The summed E-state index contributed by atoms with van der Waals surface area (Å²) in [4.78, 5) is 0. The third kappa shape index (κ3) is 1.85. The van der Waals surface area contributed by atoms with Gasteiger partial charge in [0.15, 0.2) is 0 Å². The van der Waals surface area contributed by atoms with E-state index in [9.17, 15) is 0 Å². The Balaban J connectivity index is 3.08. The smallest absolute Gasteiger partial charge is 0.000312 e. The highest BCUT2D eigenvalue weighted by atomic mass is 31.1. The maximum Gasteiger partial charge on any atom is -0.000312 e. The largest absolute Gasteiger partial charge is 0.555 e. The molecule has 0 fully saturated rings. The lowest BCUT2D eigenvalue weighted by Crippen LogP contribution is -2.03. The first kappa shape index (κ1) is 9.70. The molecule has 0 bridgehead atoms. The van der Waals surface area contributed by atoms with Crippen LogP contribution in [0, 0.1) is 20.8 Å². The summed E-state index contributed by atoms with van der Waals surface area (Å²) in [7, 11) is 2.67. The van der Waals surface area contributed by atoms with Crippen LogP contribution in [0.4, 0.5) is 0 Å². The van der Waals surface area contributed by atoms with E-state index in [1.807, 2.05) is 0 Å². The molecule has 2 heteroatoms. The molecule has 0 saturated carbocycles. The Hall–Kier alpha value is -0.390. The Labute approximate surface area is 76.0 Å². The second-order valence-electron chi connectivity index (χ2n) is 2.93. The molecular weight excluding hydrogens is 167 g/mol. The lowest BCUT2D eigenvalue weighted by Gasteiger charge is -2.21. The van der Waals surface area contributed by atoms with Crippen LogP contribution in [0.15, 0.2) is 12.1 Å². The van der Waals surface area contributed by atoms with Gasteiger partial charge in [0, 0.05) is 0 Å². The SMILES string of the molecule is CO[P-]c1ccc(C)c(C)c1C. The van der Waals surface area contributed by atoms with E-state index >= 15 is 0 Å². The second-order valence-corrected chi connectivity index (χ2v) is 3.95. The van der Waals surface area contributed by atoms with Gasteiger partial charge in [-0.05, 0) is 39.0 Å². The molecule has 1 aromatic carbocycles. The van der Waals surface area contributed by atoms with Crippen LogP contribution in [0.5, 0.6) is 0 Å². The van der Waals surface area contributed by atoms with Crippen molar-refractivity contribution >= 4 is 14.1 Å². The van der Waals surface area contributed by atoms with E-state index in [2.05, 4.69) is 32.9 Å². The number of benzene rings is 1. The zero-order chi connectivity index (χ0) is 9.14. The maximum atomic E-state index is 5.08. The zero-order valence-electron chi connectivity index (χ0n) is 8.01. The Morgan fingerprint density at radius 2 is 1.75 bits per heavy atom. The molecule has 12 heavy (non-hydrogen) atoms. The van der Waals surface area contributed by atoms with E-state index in [1.165, 1.54) is 22.0 Å². The monoisotopic (exact) mass is 181 g/mol. The van der Waals surface area contributed by atoms with Gasteiger partial charge in [-0.3, -0.25) is 0 Å². The minimum Gasteiger partial charge on any atom is -0.555 e. The number of aryl methyl sites for hydroxylation is 1. The van der Waals surface area contributed by atoms with Crippen LogP contribution >= 0.6 is 8.81 Å². The van der Waals surface area contributed by atoms with Crippen LogP contribution in [-0.4, -0.2) is 7.11 Å². The minimum atomic E-state index is 0.952. The third-order valence-corrected chi connectivity index (χ3v) is 3.08. The molecule has 1 nitrogen and oxygen atoms in total. The fourth-order valence-corrected chi connectivity index (χ4v) is 1.78. The Kier molecular flexibility index (Phi) is 3.25. The lowest BCUT2D eigenvalue weighted by atomic mass is 10.1. The van der Waals surface area contributed by atoms with Gasteiger partial charge in [-0.15, -0.1) is 0 Å². The van der Waals surface area contributed by atoms with Crippen molar-refractivity contribution in [3.8, 4) is 0 Å². The van der Waals surface area contributed by atoms with Crippen molar-refractivity contribution in [2.24, 2.45) is 0 Å². The fourth-order valence-electron chi connectivity index (χ4n) is 1.14. The van der Waals surface area contributed by atoms with Crippen molar-refractivity contribution in [2.45, 2.75) is 20.8 Å². The molecule has 1 aromatic rings. The van der Waals surface area contributed by atoms with E-state index in [1.54, 1.807) is 7.11 Å². The van der Waals surface area contributed by atoms with Gasteiger partial charge in [-0.2, -0.15) is 5.30 Å². The van der Waals surface area contributed by atoms with Crippen LogP contribution < -0.4 is 5.30 Å². The van der Waals surface area contributed by atoms with Crippen molar-refractivity contribution in [3.63, 3.8) is 0 Å². The average Bonchev–Trinajstić information content (AvgIpc) is 2.07. The molecular formula is C10H14OP-. The first-order valence-electron chi connectivity index (χ1n) is 3.98. The molecule has 0 saturated heterocycles.